The molecule has 0 fully saturated rings. The molecule has 0 N–H and O–H groups in total. The lowest BCUT2D eigenvalue weighted by Crippen LogP contribution is -1.83. The predicted molar refractivity (Wildman–Crippen MR) is 64.9 cm³/mol. The van der Waals surface area contributed by atoms with Crippen molar-refractivity contribution in [2.24, 2.45) is 0 Å². The Labute approximate surface area is 105 Å². The minimum atomic E-state index is 0.457. The Morgan fingerprint density at radius 3 is 2.57 bits per heavy atom. The summed E-state index contributed by atoms with van der Waals surface area (Å²) in [5.74, 6) is 0. The van der Waals surface area contributed by atoms with Crippen LogP contribution in [0.1, 0.15) is 0 Å². The molecule has 0 aliphatic rings. The molecule has 0 aliphatic heterocycles. The first-order valence-electron chi connectivity index (χ1n) is 3.70. The Hall–Kier alpha value is -0.330. The lowest BCUT2D eigenvalue weighted by atomic mass is 10.2. The normalized spacial score (nSPS) is 10.5. The number of nitrogens with zero attached hydrogens (tertiary/aromatic N) is 3. The zero-order chi connectivity index (χ0) is 10.1. The summed E-state index contributed by atoms with van der Waals surface area (Å²) in [7, 11) is 0. The first-order chi connectivity index (χ1) is 6.66. The zero-order valence-corrected chi connectivity index (χ0v) is 10.5. The summed E-state index contributed by atoms with van der Waals surface area (Å²) in [6.07, 6.45) is 3.37. The smallest absolute Gasteiger partial charge is 0.129 e. The number of hydrogen-bond donors (Lipinski definition) is 0. The molecule has 72 valence electrons. The van der Waals surface area contributed by atoms with Gasteiger partial charge < -0.3 is 0 Å². The first-order valence-corrected chi connectivity index (χ1v) is 5.42. The van der Waals surface area contributed by atoms with Crippen molar-refractivity contribution in [3.63, 3.8) is 0 Å². The highest BCUT2D eigenvalue weighted by Crippen LogP contribution is 2.26. The second kappa shape index (κ2) is 4.04. The molecule has 2 heterocycles. The molecule has 0 atom stereocenters. The van der Waals surface area contributed by atoms with Crippen molar-refractivity contribution in [1.82, 2.24) is 13.0 Å². The van der Waals surface area contributed by atoms with E-state index in [1.165, 1.54) is 0 Å². The van der Waals surface area contributed by atoms with Crippen molar-refractivity contribution in [2.75, 3.05) is 0 Å². The third-order valence-electron chi connectivity index (χ3n) is 1.64. The van der Waals surface area contributed by atoms with E-state index in [0.29, 0.717) is 15.9 Å². The summed E-state index contributed by atoms with van der Waals surface area (Å²) in [4.78, 5) is 3.96. The fourth-order valence-corrected chi connectivity index (χ4v) is 2.05. The average Bonchev–Trinajstić information content (AvgIpc) is 2.47. The minimum absolute atomic E-state index is 0.457. The molecule has 0 aliphatic carbocycles. The summed E-state index contributed by atoms with van der Waals surface area (Å²) >= 11 is 13.7. The summed E-state index contributed by atoms with van der Waals surface area (Å²) < 4.78 is 1.63. The fraction of sp³-hybridized carbons (Fsp3) is 0. The molecule has 3 nitrogen and oxygen atoms in total. The molecule has 2 aromatic rings. The SMILES string of the molecule is Clc1ccc(-c2nn(I)cc2Cl)cn1. The highest BCUT2D eigenvalue weighted by Gasteiger charge is 2.08. The van der Waals surface area contributed by atoms with Crippen LogP contribution in [-0.2, 0) is 0 Å². The van der Waals surface area contributed by atoms with E-state index in [9.17, 15) is 0 Å². The van der Waals surface area contributed by atoms with Gasteiger partial charge in [-0.1, -0.05) is 23.2 Å². The summed E-state index contributed by atoms with van der Waals surface area (Å²) in [5.41, 5.74) is 1.57. The number of pyridine rings is 1. The van der Waals surface area contributed by atoms with Crippen LogP contribution in [0.25, 0.3) is 11.3 Å². The van der Waals surface area contributed by atoms with Gasteiger partial charge in [-0.3, -0.25) is 0 Å². The van der Waals surface area contributed by atoms with E-state index in [4.69, 9.17) is 23.2 Å². The molecule has 0 amide bonds. The van der Waals surface area contributed by atoms with Crippen LogP contribution in [0, 0.1) is 0 Å². The Morgan fingerprint density at radius 2 is 2.07 bits per heavy atom. The van der Waals surface area contributed by atoms with Crippen LogP contribution in [0.4, 0.5) is 0 Å². The third kappa shape index (κ3) is 2.02. The molecule has 0 radical (unpaired) electrons. The van der Waals surface area contributed by atoms with Crippen LogP contribution in [-0.4, -0.2) is 13.0 Å². The van der Waals surface area contributed by atoms with Crippen molar-refractivity contribution in [3.8, 4) is 11.3 Å². The lowest BCUT2D eigenvalue weighted by Gasteiger charge is -1.96. The van der Waals surface area contributed by atoms with Gasteiger partial charge in [-0.15, -0.1) is 0 Å². The second-order valence-corrected chi connectivity index (χ2v) is 4.37. The molecular formula is C8H4Cl2IN3. The minimum Gasteiger partial charge on any atom is -0.244 e. The zero-order valence-electron chi connectivity index (χ0n) is 6.78. The van der Waals surface area contributed by atoms with E-state index >= 15 is 0 Å². The van der Waals surface area contributed by atoms with Crippen LogP contribution in [0.5, 0.6) is 0 Å². The molecule has 0 spiro atoms. The molecule has 0 saturated heterocycles. The molecule has 6 heteroatoms. The topological polar surface area (TPSA) is 30.7 Å². The van der Waals surface area contributed by atoms with Gasteiger partial charge in [0, 0.05) is 11.8 Å². The van der Waals surface area contributed by atoms with Crippen LogP contribution >= 0.6 is 46.1 Å². The second-order valence-electron chi connectivity index (χ2n) is 2.58. The molecule has 14 heavy (non-hydrogen) atoms. The molecule has 0 saturated carbocycles. The molecule has 0 aromatic carbocycles. The van der Waals surface area contributed by atoms with Crippen molar-refractivity contribution in [2.45, 2.75) is 0 Å². The van der Waals surface area contributed by atoms with Gasteiger partial charge in [0.15, 0.2) is 0 Å². The van der Waals surface area contributed by atoms with Crippen molar-refractivity contribution in [1.29, 1.82) is 0 Å². The molecule has 0 unspecified atom stereocenters. The van der Waals surface area contributed by atoms with E-state index in [0.717, 1.165) is 5.56 Å². The fourth-order valence-electron chi connectivity index (χ4n) is 1.04. The summed E-state index contributed by atoms with van der Waals surface area (Å²) in [5, 5.41) is 5.26. The highest BCUT2D eigenvalue weighted by molar-refractivity contribution is 14.1. The molecule has 2 aromatic heterocycles. The van der Waals surface area contributed by atoms with Crippen molar-refractivity contribution in [3.05, 3.63) is 34.7 Å². The lowest BCUT2D eigenvalue weighted by molar-refractivity contribution is 1.06. The number of hydrogen-bond acceptors (Lipinski definition) is 2. The van der Waals surface area contributed by atoms with Crippen LogP contribution in [0.15, 0.2) is 24.5 Å². The first kappa shape index (κ1) is 10.2. The quantitative estimate of drug-likeness (QED) is 0.588. The van der Waals surface area contributed by atoms with Gasteiger partial charge in [0.2, 0.25) is 0 Å². The number of halogens is 3. The van der Waals surface area contributed by atoms with Crippen LogP contribution in [0.3, 0.4) is 0 Å². The maximum absolute atomic E-state index is 5.97. The van der Waals surface area contributed by atoms with E-state index in [1.54, 1.807) is 21.4 Å². The van der Waals surface area contributed by atoms with Gasteiger partial charge in [-0.05, 0) is 12.1 Å². The third-order valence-corrected chi connectivity index (χ3v) is 2.64. The van der Waals surface area contributed by atoms with E-state index in [-0.39, 0.29) is 0 Å². The van der Waals surface area contributed by atoms with Gasteiger partial charge in [-0.2, -0.15) is 5.10 Å². The predicted octanol–water partition coefficient (Wildman–Crippen LogP) is 3.45. The Balaban J connectivity index is 2.49. The summed E-state index contributed by atoms with van der Waals surface area (Å²) in [6.45, 7) is 0. The molecule has 2 rings (SSSR count). The average molecular weight is 340 g/mol. The Morgan fingerprint density at radius 1 is 1.29 bits per heavy atom. The number of aromatic nitrogens is 3. The van der Waals surface area contributed by atoms with Gasteiger partial charge in [0.25, 0.3) is 0 Å². The Bertz CT molecular complexity index is 452. The molecule has 0 bridgehead atoms. The van der Waals surface area contributed by atoms with Crippen molar-refractivity contribution < 1.29 is 0 Å². The van der Waals surface area contributed by atoms with E-state index in [1.807, 2.05) is 28.9 Å². The van der Waals surface area contributed by atoms with Gasteiger partial charge in [0.1, 0.15) is 10.8 Å². The number of rotatable bonds is 1. The Kier molecular flexibility index (Phi) is 2.94. The van der Waals surface area contributed by atoms with E-state index in [2.05, 4.69) is 10.1 Å². The largest absolute Gasteiger partial charge is 0.244 e. The van der Waals surface area contributed by atoms with Gasteiger partial charge >= 0.3 is 0 Å². The highest BCUT2D eigenvalue weighted by atomic mass is 127. The van der Waals surface area contributed by atoms with Gasteiger partial charge in [-0.25, -0.2) is 7.88 Å². The maximum atomic E-state index is 5.97. The molecular weight excluding hydrogens is 336 g/mol. The summed E-state index contributed by atoms with van der Waals surface area (Å²) in [6, 6.07) is 3.54. The van der Waals surface area contributed by atoms with Gasteiger partial charge in [0.05, 0.1) is 34.1 Å². The van der Waals surface area contributed by atoms with E-state index < -0.39 is 0 Å². The van der Waals surface area contributed by atoms with Crippen LogP contribution < -0.4 is 0 Å². The standard InChI is InChI=1S/C8H4Cl2IN3/c9-6-4-14(11)13-8(6)5-1-2-7(10)12-3-5/h1-4H. The maximum Gasteiger partial charge on any atom is 0.129 e. The van der Waals surface area contributed by atoms with Crippen LogP contribution in [0.2, 0.25) is 10.2 Å². The van der Waals surface area contributed by atoms with Crippen molar-refractivity contribution >= 4 is 46.1 Å². The monoisotopic (exact) mass is 339 g/mol.